The van der Waals surface area contributed by atoms with E-state index >= 15 is 0 Å². The number of carbonyl (C=O) groups excluding carboxylic acids is 2. The second-order valence-corrected chi connectivity index (χ2v) is 8.99. The molecule has 5 rings (SSSR count). The first-order valence-electron chi connectivity index (χ1n) is 11.7. The van der Waals surface area contributed by atoms with Crippen LogP contribution in [0.5, 0.6) is 11.5 Å². The van der Waals surface area contributed by atoms with Crippen molar-refractivity contribution in [2.24, 2.45) is 0 Å². The van der Waals surface area contributed by atoms with Gasteiger partial charge in [-0.1, -0.05) is 0 Å². The number of rotatable bonds is 6. The second-order valence-electron chi connectivity index (χ2n) is 8.99. The predicted octanol–water partition coefficient (Wildman–Crippen LogP) is 3.07. The van der Waals surface area contributed by atoms with E-state index in [1.165, 1.54) is 0 Å². The molecule has 1 aliphatic heterocycles. The maximum absolute atomic E-state index is 13.4. The summed E-state index contributed by atoms with van der Waals surface area (Å²) < 4.78 is 18.9. The standard InChI is InChI=1S/C26H28N4O6/c1-14-20(26(33)29-11-17(31)9-16(29)13-34-4)12-30-24(14)21(7-8-28-30)36-18-5-6-19-22(10-18)35-15(2)23(19)25(32)27-3/h5-8,10,12,16-17,31H,9,11,13H2,1-4H3,(H,27,32)/t16-,17+/m0/s1. The summed E-state index contributed by atoms with van der Waals surface area (Å²) in [5, 5.41) is 17.8. The highest BCUT2D eigenvalue weighted by Gasteiger charge is 2.36. The molecule has 36 heavy (non-hydrogen) atoms. The Morgan fingerprint density at radius 3 is 2.83 bits per heavy atom. The van der Waals surface area contributed by atoms with Crippen LogP contribution in [0.25, 0.3) is 16.5 Å². The molecule has 2 N–H and O–H groups in total. The zero-order chi connectivity index (χ0) is 25.6. The van der Waals surface area contributed by atoms with Crippen LogP contribution in [0.2, 0.25) is 0 Å². The maximum atomic E-state index is 13.4. The number of likely N-dealkylation sites (tertiary alicyclic amines) is 1. The van der Waals surface area contributed by atoms with Crippen LogP contribution in [0.4, 0.5) is 0 Å². The number of hydrogen-bond acceptors (Lipinski definition) is 7. The SMILES string of the molecule is CNC(=O)c1c(C)oc2cc(Oc3ccnn4cc(C(=O)N5C[C@H](O)C[C@H]5COC)c(C)c34)ccc12. The fraction of sp³-hybridized carbons (Fsp3) is 0.346. The molecule has 0 saturated carbocycles. The second kappa shape index (κ2) is 9.29. The monoisotopic (exact) mass is 492 g/mol. The summed E-state index contributed by atoms with van der Waals surface area (Å²) >= 11 is 0. The van der Waals surface area contributed by atoms with E-state index in [1.807, 2.05) is 6.92 Å². The number of aromatic nitrogens is 2. The molecule has 0 spiro atoms. The number of ether oxygens (including phenoxy) is 2. The smallest absolute Gasteiger partial charge is 0.256 e. The van der Waals surface area contributed by atoms with Gasteiger partial charge in [0, 0.05) is 44.4 Å². The Kier molecular flexibility index (Phi) is 6.15. The average molecular weight is 493 g/mol. The van der Waals surface area contributed by atoms with Crippen molar-refractivity contribution in [3.05, 3.63) is 59.1 Å². The molecule has 10 heteroatoms. The van der Waals surface area contributed by atoms with Crippen molar-refractivity contribution in [1.29, 1.82) is 0 Å². The van der Waals surface area contributed by atoms with E-state index in [1.54, 1.807) is 67.2 Å². The first-order valence-corrected chi connectivity index (χ1v) is 11.7. The molecule has 0 bridgehead atoms. The Balaban J connectivity index is 1.49. The van der Waals surface area contributed by atoms with E-state index in [0.717, 1.165) is 5.56 Å². The van der Waals surface area contributed by atoms with Crippen LogP contribution in [0.15, 0.2) is 41.1 Å². The first-order chi connectivity index (χ1) is 17.3. The molecule has 1 saturated heterocycles. The molecule has 10 nitrogen and oxygen atoms in total. The van der Waals surface area contributed by atoms with Gasteiger partial charge in [-0.2, -0.15) is 5.10 Å². The number of amides is 2. The van der Waals surface area contributed by atoms with Gasteiger partial charge in [-0.3, -0.25) is 9.59 Å². The third-order valence-corrected chi connectivity index (χ3v) is 6.65. The zero-order valence-electron chi connectivity index (χ0n) is 20.6. The van der Waals surface area contributed by atoms with Crippen molar-refractivity contribution >= 4 is 28.3 Å². The van der Waals surface area contributed by atoms with E-state index in [0.29, 0.717) is 57.9 Å². The maximum Gasteiger partial charge on any atom is 0.256 e. The highest BCUT2D eigenvalue weighted by molar-refractivity contribution is 6.07. The number of nitrogens with zero attached hydrogens (tertiary/aromatic N) is 3. The van der Waals surface area contributed by atoms with E-state index in [4.69, 9.17) is 13.9 Å². The summed E-state index contributed by atoms with van der Waals surface area (Å²) in [4.78, 5) is 27.3. The largest absolute Gasteiger partial charge is 0.460 e. The van der Waals surface area contributed by atoms with Gasteiger partial charge in [-0.05, 0) is 38.0 Å². The Labute approximate surface area is 207 Å². The van der Waals surface area contributed by atoms with Crippen LogP contribution in [-0.2, 0) is 4.74 Å². The van der Waals surface area contributed by atoms with Gasteiger partial charge in [-0.25, -0.2) is 4.52 Å². The molecule has 2 atom stereocenters. The molecule has 1 fully saturated rings. The lowest BCUT2D eigenvalue weighted by Crippen LogP contribution is -2.38. The first kappa shape index (κ1) is 23.8. The lowest BCUT2D eigenvalue weighted by atomic mass is 10.1. The van der Waals surface area contributed by atoms with Gasteiger partial charge in [0.1, 0.15) is 22.6 Å². The zero-order valence-corrected chi connectivity index (χ0v) is 20.6. The minimum atomic E-state index is -0.576. The Hall–Kier alpha value is -3.89. The van der Waals surface area contributed by atoms with E-state index in [2.05, 4.69) is 10.4 Å². The number of furan rings is 1. The number of fused-ring (bicyclic) bond motifs is 2. The topological polar surface area (TPSA) is 119 Å². The number of aliphatic hydroxyl groups excluding tert-OH is 1. The molecule has 2 amide bonds. The predicted molar refractivity (Wildman–Crippen MR) is 132 cm³/mol. The molecule has 0 radical (unpaired) electrons. The Morgan fingerprint density at radius 1 is 1.28 bits per heavy atom. The van der Waals surface area contributed by atoms with Gasteiger partial charge in [-0.15, -0.1) is 0 Å². The quantitative estimate of drug-likeness (QED) is 0.425. The molecule has 3 aromatic heterocycles. The fourth-order valence-corrected chi connectivity index (χ4v) is 4.96. The molecule has 1 aliphatic rings. The number of hydrogen-bond donors (Lipinski definition) is 2. The number of aliphatic hydroxyl groups is 1. The van der Waals surface area contributed by atoms with Crippen molar-refractivity contribution in [3.8, 4) is 11.5 Å². The fourth-order valence-electron chi connectivity index (χ4n) is 4.96. The molecule has 0 unspecified atom stereocenters. The summed E-state index contributed by atoms with van der Waals surface area (Å²) in [5.74, 6) is 1.17. The highest BCUT2D eigenvalue weighted by Crippen LogP contribution is 2.34. The summed E-state index contributed by atoms with van der Waals surface area (Å²) in [6, 6.07) is 6.84. The third-order valence-electron chi connectivity index (χ3n) is 6.65. The number of carbonyl (C=O) groups is 2. The number of benzene rings is 1. The summed E-state index contributed by atoms with van der Waals surface area (Å²) in [6.07, 6.45) is 3.19. The molecular formula is C26H28N4O6. The van der Waals surface area contributed by atoms with Crippen LogP contribution in [0.1, 0.15) is 38.5 Å². The summed E-state index contributed by atoms with van der Waals surface area (Å²) in [6.45, 7) is 4.22. The van der Waals surface area contributed by atoms with Gasteiger partial charge >= 0.3 is 0 Å². The molecule has 4 aromatic rings. The number of aryl methyl sites for hydroxylation is 2. The van der Waals surface area contributed by atoms with Gasteiger partial charge in [0.25, 0.3) is 11.8 Å². The number of methoxy groups -OCH3 is 1. The van der Waals surface area contributed by atoms with Gasteiger partial charge in [0.15, 0.2) is 5.75 Å². The van der Waals surface area contributed by atoms with Crippen LogP contribution >= 0.6 is 0 Å². The van der Waals surface area contributed by atoms with E-state index in [-0.39, 0.29) is 24.4 Å². The van der Waals surface area contributed by atoms with Crippen molar-refractivity contribution < 1.29 is 28.6 Å². The van der Waals surface area contributed by atoms with Gasteiger partial charge in [0.05, 0.1) is 36.1 Å². The van der Waals surface area contributed by atoms with Crippen LogP contribution < -0.4 is 10.1 Å². The third kappa shape index (κ3) is 3.98. The lowest BCUT2D eigenvalue weighted by Gasteiger charge is -2.23. The minimum Gasteiger partial charge on any atom is -0.460 e. The number of nitrogens with one attached hydrogen (secondary N) is 1. The van der Waals surface area contributed by atoms with Crippen molar-refractivity contribution in [2.45, 2.75) is 32.4 Å². The Morgan fingerprint density at radius 2 is 2.08 bits per heavy atom. The van der Waals surface area contributed by atoms with Crippen molar-refractivity contribution in [2.75, 3.05) is 27.3 Å². The molecule has 188 valence electrons. The molecule has 4 heterocycles. The van der Waals surface area contributed by atoms with Crippen LogP contribution in [-0.4, -0.2) is 70.9 Å². The van der Waals surface area contributed by atoms with Crippen molar-refractivity contribution in [3.63, 3.8) is 0 Å². The minimum absolute atomic E-state index is 0.184. The molecule has 0 aliphatic carbocycles. The normalized spacial score (nSPS) is 17.8. The lowest BCUT2D eigenvalue weighted by molar-refractivity contribution is 0.0622. The van der Waals surface area contributed by atoms with Crippen molar-refractivity contribution in [1.82, 2.24) is 19.8 Å². The summed E-state index contributed by atoms with van der Waals surface area (Å²) in [7, 11) is 3.16. The highest BCUT2D eigenvalue weighted by atomic mass is 16.5. The van der Waals surface area contributed by atoms with E-state index < -0.39 is 6.10 Å². The van der Waals surface area contributed by atoms with Gasteiger partial charge < -0.3 is 29.2 Å². The van der Waals surface area contributed by atoms with E-state index in [9.17, 15) is 14.7 Å². The Bertz CT molecular complexity index is 1470. The molecule has 1 aromatic carbocycles. The van der Waals surface area contributed by atoms with Crippen LogP contribution in [0, 0.1) is 13.8 Å². The van der Waals surface area contributed by atoms with Gasteiger partial charge in [0.2, 0.25) is 0 Å². The number of β-amino-alcohol motifs (C(OH)–C–C–N with tert-alkyl or cyclic N) is 1. The summed E-state index contributed by atoms with van der Waals surface area (Å²) in [5.41, 5.74) is 2.90. The van der Waals surface area contributed by atoms with Crippen LogP contribution in [0.3, 0.4) is 0 Å². The molecular weight excluding hydrogens is 464 g/mol. The average Bonchev–Trinajstić information content (AvgIpc) is 3.50.